The lowest BCUT2D eigenvalue weighted by Crippen LogP contribution is -2.41. The maximum Gasteiger partial charge on any atom is 0.371 e. The minimum atomic E-state index is -4.10. The number of hydrogen-bond donors (Lipinski definition) is 3. The number of nitrogens with one attached hydrogen (secondary N) is 1. The number of nitrogens with two attached hydrogens (primary N) is 1. The lowest BCUT2D eigenvalue weighted by molar-refractivity contribution is -0.119. The molecule has 17 heavy (non-hydrogen) atoms. The first-order valence-corrected chi connectivity index (χ1v) is 5.87. The normalized spacial score (nSPS) is 13.2. The number of furan rings is 1. The van der Waals surface area contributed by atoms with E-state index in [1.807, 2.05) is 4.72 Å². The molecule has 9 heteroatoms. The van der Waals surface area contributed by atoms with Gasteiger partial charge >= 0.3 is 5.97 Å². The summed E-state index contributed by atoms with van der Waals surface area (Å²) in [6.07, 6.45) is 0. The van der Waals surface area contributed by atoms with Crippen LogP contribution in [0, 0.1) is 0 Å². The summed E-state index contributed by atoms with van der Waals surface area (Å²) in [4.78, 5) is 21.2. The van der Waals surface area contributed by atoms with Crippen molar-refractivity contribution in [1.29, 1.82) is 0 Å². The van der Waals surface area contributed by atoms with E-state index in [0.717, 1.165) is 12.1 Å². The Hall–Kier alpha value is -1.87. The highest BCUT2D eigenvalue weighted by Gasteiger charge is 2.24. The minimum absolute atomic E-state index is 0.517. The van der Waals surface area contributed by atoms with Gasteiger partial charge in [0.05, 0.1) is 6.04 Å². The molecule has 0 aliphatic carbocycles. The molecule has 1 unspecified atom stereocenters. The monoisotopic (exact) mass is 262 g/mol. The number of rotatable bonds is 5. The van der Waals surface area contributed by atoms with Gasteiger partial charge in [0.2, 0.25) is 16.8 Å². The molecule has 1 amide bonds. The number of carbonyl (C=O) groups is 2. The van der Waals surface area contributed by atoms with Gasteiger partial charge in [0.1, 0.15) is 0 Å². The summed E-state index contributed by atoms with van der Waals surface area (Å²) < 4.78 is 29.7. The quantitative estimate of drug-likeness (QED) is 0.630. The highest BCUT2D eigenvalue weighted by molar-refractivity contribution is 7.89. The maximum atomic E-state index is 11.6. The molecule has 94 valence electrons. The molecule has 1 aromatic rings. The van der Waals surface area contributed by atoms with Crippen LogP contribution in [0.2, 0.25) is 0 Å². The maximum absolute atomic E-state index is 11.6. The van der Waals surface area contributed by atoms with Crippen molar-refractivity contribution < 1.29 is 27.5 Å². The molecular formula is C8H10N2O6S. The van der Waals surface area contributed by atoms with Gasteiger partial charge in [0.25, 0.3) is 10.0 Å². The Morgan fingerprint density at radius 2 is 2.06 bits per heavy atom. The van der Waals surface area contributed by atoms with E-state index >= 15 is 0 Å². The van der Waals surface area contributed by atoms with Crippen molar-refractivity contribution in [2.45, 2.75) is 18.1 Å². The first-order valence-electron chi connectivity index (χ1n) is 4.39. The van der Waals surface area contributed by atoms with E-state index in [-0.39, 0.29) is 0 Å². The van der Waals surface area contributed by atoms with E-state index in [4.69, 9.17) is 10.8 Å². The SMILES string of the molecule is CC(NS(=O)(=O)c1ccc(C(=O)O)o1)C(N)=O. The first kappa shape index (κ1) is 13.2. The van der Waals surface area contributed by atoms with Gasteiger partial charge in [-0.2, -0.15) is 4.72 Å². The highest BCUT2D eigenvalue weighted by Crippen LogP contribution is 2.14. The molecule has 0 saturated carbocycles. The molecule has 1 rings (SSSR count). The van der Waals surface area contributed by atoms with Crippen molar-refractivity contribution in [3.8, 4) is 0 Å². The second-order valence-electron chi connectivity index (χ2n) is 3.17. The van der Waals surface area contributed by atoms with Crippen LogP contribution >= 0.6 is 0 Å². The number of sulfonamides is 1. The average Bonchev–Trinajstić information content (AvgIpc) is 2.65. The zero-order valence-electron chi connectivity index (χ0n) is 8.71. The summed E-state index contributed by atoms with van der Waals surface area (Å²) in [6.45, 7) is 1.25. The van der Waals surface area contributed by atoms with Crippen molar-refractivity contribution >= 4 is 21.9 Å². The van der Waals surface area contributed by atoms with E-state index in [1.165, 1.54) is 6.92 Å². The van der Waals surface area contributed by atoms with Crippen molar-refractivity contribution in [3.05, 3.63) is 17.9 Å². The van der Waals surface area contributed by atoms with E-state index < -0.39 is 38.8 Å². The van der Waals surface area contributed by atoms with Crippen LogP contribution in [0.3, 0.4) is 0 Å². The van der Waals surface area contributed by atoms with E-state index in [2.05, 4.69) is 4.42 Å². The van der Waals surface area contributed by atoms with Gasteiger partial charge in [-0.3, -0.25) is 4.79 Å². The Kier molecular flexibility index (Phi) is 3.53. The third kappa shape index (κ3) is 3.04. The van der Waals surface area contributed by atoms with E-state index in [9.17, 15) is 18.0 Å². The van der Waals surface area contributed by atoms with Crippen molar-refractivity contribution in [2.24, 2.45) is 5.73 Å². The molecule has 1 atom stereocenters. The zero-order valence-corrected chi connectivity index (χ0v) is 9.52. The summed E-state index contributed by atoms with van der Waals surface area (Å²) in [5, 5.41) is 7.96. The van der Waals surface area contributed by atoms with Crippen LogP contribution in [0.15, 0.2) is 21.6 Å². The summed E-state index contributed by atoms with van der Waals surface area (Å²) in [5.41, 5.74) is 4.88. The third-order valence-electron chi connectivity index (χ3n) is 1.82. The number of aromatic carboxylic acids is 1. The highest BCUT2D eigenvalue weighted by atomic mass is 32.2. The molecule has 0 bridgehead atoms. The van der Waals surface area contributed by atoms with Crippen molar-refractivity contribution in [1.82, 2.24) is 4.72 Å². The number of carboxylic acids is 1. The van der Waals surface area contributed by atoms with E-state index in [0.29, 0.717) is 0 Å². The van der Waals surface area contributed by atoms with Gasteiger partial charge in [-0.25, -0.2) is 13.2 Å². The summed E-state index contributed by atoms with van der Waals surface area (Å²) in [7, 11) is -4.10. The molecular weight excluding hydrogens is 252 g/mol. The molecule has 0 aliphatic heterocycles. The Morgan fingerprint density at radius 1 is 1.47 bits per heavy atom. The summed E-state index contributed by atoms with van der Waals surface area (Å²) in [5.74, 6) is -2.77. The van der Waals surface area contributed by atoms with Gasteiger partial charge < -0.3 is 15.3 Å². The Balaban J connectivity index is 2.97. The number of hydrogen-bond acceptors (Lipinski definition) is 5. The fourth-order valence-electron chi connectivity index (χ4n) is 0.928. The van der Waals surface area contributed by atoms with E-state index in [1.54, 1.807) is 0 Å². The molecule has 8 nitrogen and oxygen atoms in total. The van der Waals surface area contributed by atoms with Crippen LogP contribution in [0.4, 0.5) is 0 Å². The van der Waals surface area contributed by atoms with Gasteiger partial charge in [-0.15, -0.1) is 0 Å². The molecule has 4 N–H and O–H groups in total. The first-order chi connectivity index (χ1) is 7.74. The fraction of sp³-hybridized carbons (Fsp3) is 0.250. The molecule has 1 aromatic heterocycles. The van der Waals surface area contributed by atoms with Crippen LogP contribution in [0.1, 0.15) is 17.5 Å². The second-order valence-corrected chi connectivity index (χ2v) is 4.81. The van der Waals surface area contributed by atoms with Crippen molar-refractivity contribution in [3.63, 3.8) is 0 Å². The molecule has 0 fully saturated rings. The predicted octanol–water partition coefficient (Wildman–Crippen LogP) is -0.870. The average molecular weight is 262 g/mol. The van der Waals surface area contributed by atoms with Crippen LogP contribution in [-0.4, -0.2) is 31.4 Å². The lowest BCUT2D eigenvalue weighted by atomic mass is 10.4. The molecule has 0 radical (unpaired) electrons. The Bertz CT molecular complexity index is 546. The molecule has 1 heterocycles. The van der Waals surface area contributed by atoms with Gasteiger partial charge in [0.15, 0.2) is 0 Å². The largest absolute Gasteiger partial charge is 0.475 e. The molecule has 0 saturated heterocycles. The van der Waals surface area contributed by atoms with Crippen molar-refractivity contribution in [2.75, 3.05) is 0 Å². The number of amides is 1. The smallest absolute Gasteiger partial charge is 0.371 e. The number of carboxylic acid groups (broad SMARTS) is 1. The minimum Gasteiger partial charge on any atom is -0.475 e. The number of carbonyl (C=O) groups excluding carboxylic acids is 1. The van der Waals surface area contributed by atoms with Gasteiger partial charge in [-0.05, 0) is 19.1 Å². The Morgan fingerprint density at radius 3 is 2.47 bits per heavy atom. The molecule has 0 aliphatic rings. The van der Waals surface area contributed by atoms with Gasteiger partial charge in [0, 0.05) is 0 Å². The Labute approximate surface area is 96.5 Å². The molecule has 0 spiro atoms. The standard InChI is InChI=1S/C8H10N2O6S/c1-4(7(9)11)10-17(14,15)6-3-2-5(16-6)8(12)13/h2-4,10H,1H3,(H2,9,11)(H,12,13). The van der Waals surface area contributed by atoms with Crippen LogP contribution < -0.4 is 10.5 Å². The summed E-state index contributed by atoms with van der Waals surface area (Å²) in [6, 6.07) is 0.837. The molecule has 0 aromatic carbocycles. The summed E-state index contributed by atoms with van der Waals surface area (Å²) >= 11 is 0. The van der Waals surface area contributed by atoms with Crippen LogP contribution in [0.5, 0.6) is 0 Å². The zero-order chi connectivity index (χ0) is 13.2. The second kappa shape index (κ2) is 4.55. The van der Waals surface area contributed by atoms with Crippen LogP contribution in [-0.2, 0) is 14.8 Å². The third-order valence-corrected chi connectivity index (χ3v) is 3.23. The fourth-order valence-corrected chi connectivity index (χ4v) is 2.07. The number of primary amides is 1. The van der Waals surface area contributed by atoms with Gasteiger partial charge in [-0.1, -0.05) is 0 Å². The van der Waals surface area contributed by atoms with Crippen LogP contribution in [0.25, 0.3) is 0 Å². The topological polar surface area (TPSA) is 140 Å². The lowest BCUT2D eigenvalue weighted by Gasteiger charge is -2.08. The predicted molar refractivity (Wildman–Crippen MR) is 54.6 cm³/mol.